The first-order valence-electron chi connectivity index (χ1n) is 6.31. The number of halogens is 2. The van der Waals surface area contributed by atoms with Crippen molar-refractivity contribution in [2.24, 2.45) is 0 Å². The second-order valence-corrected chi connectivity index (χ2v) is 6.35. The van der Waals surface area contributed by atoms with Gasteiger partial charge in [0.05, 0.1) is 16.2 Å². The Bertz CT molecular complexity index is 757. The fourth-order valence-corrected chi connectivity index (χ4v) is 2.73. The van der Waals surface area contributed by atoms with E-state index in [1.165, 1.54) is 0 Å². The highest BCUT2D eigenvalue weighted by molar-refractivity contribution is 9.09. The second kappa shape index (κ2) is 5.51. The molecule has 100 valence electrons. The summed E-state index contributed by atoms with van der Waals surface area (Å²) in [6.07, 6.45) is 1.71. The third-order valence-electron chi connectivity index (χ3n) is 3.17. The molecular formula is C16H12BrClN2. The van der Waals surface area contributed by atoms with Crippen LogP contribution in [0, 0.1) is 0 Å². The van der Waals surface area contributed by atoms with Gasteiger partial charge in [0, 0.05) is 16.6 Å². The van der Waals surface area contributed by atoms with Gasteiger partial charge in [-0.2, -0.15) is 0 Å². The van der Waals surface area contributed by atoms with Crippen molar-refractivity contribution in [3.8, 4) is 11.3 Å². The molecule has 0 radical (unpaired) electrons. The van der Waals surface area contributed by atoms with Crippen molar-refractivity contribution in [3.63, 3.8) is 0 Å². The minimum atomic E-state index is 0.190. The molecule has 20 heavy (non-hydrogen) atoms. The molecule has 0 fully saturated rings. The first kappa shape index (κ1) is 13.5. The fourth-order valence-electron chi connectivity index (χ4n) is 2.18. The molecular weight excluding hydrogens is 336 g/mol. The summed E-state index contributed by atoms with van der Waals surface area (Å²) in [4.78, 5) is 9.28. The van der Waals surface area contributed by atoms with Crippen LogP contribution in [0.4, 0.5) is 0 Å². The van der Waals surface area contributed by atoms with Gasteiger partial charge in [-0.25, -0.2) is 4.98 Å². The van der Waals surface area contributed by atoms with E-state index < -0.39 is 0 Å². The number of hydrogen-bond acceptors (Lipinski definition) is 2. The molecule has 1 unspecified atom stereocenters. The lowest BCUT2D eigenvalue weighted by Gasteiger charge is -2.13. The van der Waals surface area contributed by atoms with Crippen molar-refractivity contribution in [3.05, 3.63) is 59.2 Å². The monoisotopic (exact) mass is 346 g/mol. The molecule has 0 aliphatic heterocycles. The molecule has 2 nitrogen and oxygen atoms in total. The molecule has 1 aromatic carbocycles. The Kier molecular flexibility index (Phi) is 3.72. The normalized spacial score (nSPS) is 12.6. The molecule has 0 aliphatic carbocycles. The molecule has 3 rings (SSSR count). The van der Waals surface area contributed by atoms with Gasteiger partial charge in [0.2, 0.25) is 0 Å². The molecule has 2 aromatic heterocycles. The standard InChI is InChI=1S/C16H12BrClN2/c1-10(17)12-9-14-16(13(18)7-8-19-14)20-15(12)11-5-3-2-4-6-11/h2-10H,1H3. The van der Waals surface area contributed by atoms with Crippen LogP contribution in [0.5, 0.6) is 0 Å². The van der Waals surface area contributed by atoms with Gasteiger partial charge in [0.25, 0.3) is 0 Å². The van der Waals surface area contributed by atoms with Gasteiger partial charge >= 0.3 is 0 Å². The van der Waals surface area contributed by atoms with Gasteiger partial charge in [0.1, 0.15) is 5.52 Å². The van der Waals surface area contributed by atoms with Crippen LogP contribution in [-0.4, -0.2) is 9.97 Å². The van der Waals surface area contributed by atoms with Gasteiger partial charge < -0.3 is 0 Å². The summed E-state index contributed by atoms with van der Waals surface area (Å²) < 4.78 is 0. The summed E-state index contributed by atoms with van der Waals surface area (Å²) in [6.45, 7) is 2.08. The lowest BCUT2D eigenvalue weighted by atomic mass is 10.0. The van der Waals surface area contributed by atoms with E-state index in [9.17, 15) is 0 Å². The number of benzene rings is 1. The number of fused-ring (bicyclic) bond motifs is 1. The average Bonchev–Trinajstić information content (AvgIpc) is 2.47. The molecule has 0 saturated heterocycles. The summed E-state index contributed by atoms with van der Waals surface area (Å²) in [6, 6.07) is 13.9. The summed E-state index contributed by atoms with van der Waals surface area (Å²) in [5, 5.41) is 0.626. The van der Waals surface area contributed by atoms with Crippen LogP contribution in [0.25, 0.3) is 22.3 Å². The Balaban J connectivity index is 2.34. The van der Waals surface area contributed by atoms with Crippen LogP contribution in [0.1, 0.15) is 17.3 Å². The predicted molar refractivity (Wildman–Crippen MR) is 87.3 cm³/mol. The number of pyridine rings is 2. The van der Waals surface area contributed by atoms with Crippen molar-refractivity contribution >= 4 is 38.6 Å². The minimum Gasteiger partial charge on any atom is -0.254 e. The van der Waals surface area contributed by atoms with Gasteiger partial charge in [-0.15, -0.1) is 0 Å². The van der Waals surface area contributed by atoms with E-state index in [4.69, 9.17) is 16.6 Å². The maximum absolute atomic E-state index is 6.23. The van der Waals surface area contributed by atoms with Gasteiger partial charge in [-0.05, 0) is 24.6 Å². The highest BCUT2D eigenvalue weighted by atomic mass is 79.9. The maximum atomic E-state index is 6.23. The lowest BCUT2D eigenvalue weighted by molar-refractivity contribution is 1.10. The molecule has 1 atom stereocenters. The van der Waals surface area contributed by atoms with Gasteiger partial charge in [0.15, 0.2) is 0 Å². The summed E-state index contributed by atoms with van der Waals surface area (Å²) in [5.41, 5.74) is 4.69. The molecule has 4 heteroatoms. The molecule has 0 saturated carbocycles. The number of alkyl halides is 1. The summed E-state index contributed by atoms with van der Waals surface area (Å²) in [5.74, 6) is 0. The Morgan fingerprint density at radius 2 is 1.90 bits per heavy atom. The molecule has 3 aromatic rings. The Morgan fingerprint density at radius 3 is 2.60 bits per heavy atom. The summed E-state index contributed by atoms with van der Waals surface area (Å²) in [7, 11) is 0. The molecule has 0 aliphatic rings. The number of aromatic nitrogens is 2. The zero-order valence-electron chi connectivity index (χ0n) is 10.8. The van der Waals surface area contributed by atoms with E-state index in [1.54, 1.807) is 12.3 Å². The third kappa shape index (κ3) is 2.43. The van der Waals surface area contributed by atoms with Crippen LogP contribution >= 0.6 is 27.5 Å². The number of rotatable bonds is 2. The van der Waals surface area contributed by atoms with Crippen molar-refractivity contribution in [1.29, 1.82) is 0 Å². The quantitative estimate of drug-likeness (QED) is 0.580. The van der Waals surface area contributed by atoms with Crippen LogP contribution in [0.2, 0.25) is 5.02 Å². The van der Waals surface area contributed by atoms with E-state index >= 15 is 0 Å². The number of hydrogen-bond donors (Lipinski definition) is 0. The van der Waals surface area contributed by atoms with Gasteiger partial charge in [-0.1, -0.05) is 57.9 Å². The molecule has 0 amide bonds. The lowest BCUT2D eigenvalue weighted by Crippen LogP contribution is -1.96. The average molecular weight is 348 g/mol. The minimum absolute atomic E-state index is 0.190. The molecule has 2 heterocycles. The zero-order valence-corrected chi connectivity index (χ0v) is 13.2. The fraction of sp³-hybridized carbons (Fsp3) is 0.125. The first-order valence-corrected chi connectivity index (χ1v) is 7.61. The highest BCUT2D eigenvalue weighted by Crippen LogP contribution is 2.34. The maximum Gasteiger partial charge on any atom is 0.108 e. The third-order valence-corrected chi connectivity index (χ3v) is 3.97. The van der Waals surface area contributed by atoms with E-state index in [-0.39, 0.29) is 4.83 Å². The molecule has 0 N–H and O–H groups in total. The van der Waals surface area contributed by atoms with Gasteiger partial charge in [-0.3, -0.25) is 4.98 Å². The van der Waals surface area contributed by atoms with Crippen molar-refractivity contribution < 1.29 is 0 Å². The van der Waals surface area contributed by atoms with Crippen LogP contribution in [0.3, 0.4) is 0 Å². The van der Waals surface area contributed by atoms with Crippen LogP contribution in [-0.2, 0) is 0 Å². The topological polar surface area (TPSA) is 25.8 Å². The predicted octanol–water partition coefficient (Wildman–Crippen LogP) is 5.41. The van der Waals surface area contributed by atoms with Crippen molar-refractivity contribution in [2.75, 3.05) is 0 Å². The Hall–Kier alpha value is -1.45. The van der Waals surface area contributed by atoms with Crippen LogP contribution in [0.15, 0.2) is 48.7 Å². The van der Waals surface area contributed by atoms with E-state index in [0.717, 1.165) is 27.9 Å². The van der Waals surface area contributed by atoms with Crippen molar-refractivity contribution in [2.45, 2.75) is 11.8 Å². The molecule has 0 bridgehead atoms. The van der Waals surface area contributed by atoms with E-state index in [1.807, 2.05) is 18.2 Å². The second-order valence-electron chi connectivity index (χ2n) is 4.57. The Morgan fingerprint density at radius 1 is 1.15 bits per heavy atom. The van der Waals surface area contributed by atoms with Crippen LogP contribution < -0.4 is 0 Å². The highest BCUT2D eigenvalue weighted by Gasteiger charge is 2.14. The van der Waals surface area contributed by atoms with E-state index in [0.29, 0.717) is 5.02 Å². The molecule has 0 spiro atoms. The van der Waals surface area contributed by atoms with E-state index in [2.05, 4.69) is 46.0 Å². The van der Waals surface area contributed by atoms with Crippen molar-refractivity contribution in [1.82, 2.24) is 9.97 Å². The smallest absolute Gasteiger partial charge is 0.108 e. The largest absolute Gasteiger partial charge is 0.254 e. The number of nitrogens with zero attached hydrogens (tertiary/aromatic N) is 2. The first-order chi connectivity index (χ1) is 9.66. The SMILES string of the molecule is CC(Br)c1cc2nccc(Cl)c2nc1-c1ccccc1. The Labute approximate surface area is 131 Å². The zero-order chi connectivity index (χ0) is 14.1. The summed E-state index contributed by atoms with van der Waals surface area (Å²) >= 11 is 9.87.